The average Bonchev–Trinajstić information content (AvgIpc) is 3.08. The van der Waals surface area contributed by atoms with Crippen molar-refractivity contribution in [2.75, 3.05) is 0 Å². The molecular formula is C28H37N4+. The molecule has 168 valence electrons. The maximum atomic E-state index is 5.30. The fourth-order valence-corrected chi connectivity index (χ4v) is 5.99. The summed E-state index contributed by atoms with van der Waals surface area (Å²) in [5.41, 5.74) is 8.28. The lowest BCUT2D eigenvalue weighted by atomic mass is 9.72. The van der Waals surface area contributed by atoms with Crippen molar-refractivity contribution in [3.8, 4) is 0 Å². The van der Waals surface area contributed by atoms with Crippen molar-refractivity contribution in [3.63, 3.8) is 0 Å². The molecule has 32 heavy (non-hydrogen) atoms. The molecule has 0 aromatic carbocycles. The van der Waals surface area contributed by atoms with Crippen LogP contribution in [-0.2, 0) is 16.4 Å². The minimum absolute atomic E-state index is 0.0152. The highest BCUT2D eigenvalue weighted by Gasteiger charge is 2.49. The van der Waals surface area contributed by atoms with Crippen LogP contribution < -0.4 is 4.57 Å². The first kappa shape index (κ1) is 21.4. The van der Waals surface area contributed by atoms with Crippen LogP contribution in [0.5, 0.6) is 0 Å². The van der Waals surface area contributed by atoms with Gasteiger partial charge in [0.2, 0.25) is 5.52 Å². The summed E-state index contributed by atoms with van der Waals surface area (Å²) < 4.78 is 5.03. The van der Waals surface area contributed by atoms with Crippen molar-refractivity contribution in [1.29, 1.82) is 0 Å². The smallest absolute Gasteiger partial charge is 0.232 e. The molecule has 0 N–H and O–H groups in total. The number of fused-ring (bicyclic) bond motifs is 3. The third-order valence-electron chi connectivity index (χ3n) is 7.89. The zero-order valence-electron chi connectivity index (χ0n) is 21.2. The van der Waals surface area contributed by atoms with Crippen LogP contribution in [0.15, 0.2) is 30.5 Å². The molecule has 5 heterocycles. The summed E-state index contributed by atoms with van der Waals surface area (Å²) in [5, 5.41) is 1.25. The summed E-state index contributed by atoms with van der Waals surface area (Å²) in [6.07, 6.45) is 4.38. The second-order valence-corrected chi connectivity index (χ2v) is 11.7. The Morgan fingerprint density at radius 2 is 1.69 bits per heavy atom. The molecule has 0 bridgehead atoms. The molecule has 0 spiro atoms. The quantitative estimate of drug-likeness (QED) is 0.339. The number of pyridine rings is 3. The number of aromatic nitrogens is 4. The van der Waals surface area contributed by atoms with Gasteiger partial charge < -0.3 is 0 Å². The zero-order chi connectivity index (χ0) is 23.2. The van der Waals surface area contributed by atoms with Gasteiger partial charge in [-0.05, 0) is 30.5 Å². The van der Waals surface area contributed by atoms with Crippen LogP contribution >= 0.6 is 0 Å². The molecule has 4 nitrogen and oxygen atoms in total. The fraction of sp³-hybridized carbons (Fsp3) is 0.536. The minimum Gasteiger partial charge on any atom is -0.232 e. The molecule has 4 aromatic rings. The van der Waals surface area contributed by atoms with Gasteiger partial charge in [-0.1, -0.05) is 68.4 Å². The molecule has 1 atom stereocenters. The van der Waals surface area contributed by atoms with Gasteiger partial charge in [0.15, 0.2) is 11.2 Å². The van der Waals surface area contributed by atoms with Gasteiger partial charge in [-0.2, -0.15) is 4.40 Å². The zero-order valence-corrected chi connectivity index (χ0v) is 21.2. The maximum absolute atomic E-state index is 5.30. The average molecular weight is 430 g/mol. The molecular weight excluding hydrogens is 392 g/mol. The first-order valence-electron chi connectivity index (χ1n) is 12.2. The van der Waals surface area contributed by atoms with Gasteiger partial charge in [0.1, 0.15) is 5.54 Å². The van der Waals surface area contributed by atoms with E-state index in [1.165, 1.54) is 27.6 Å². The van der Waals surface area contributed by atoms with Gasteiger partial charge in [-0.3, -0.25) is 0 Å². The van der Waals surface area contributed by atoms with E-state index in [4.69, 9.17) is 9.97 Å². The largest absolute Gasteiger partial charge is 0.287 e. The van der Waals surface area contributed by atoms with Gasteiger partial charge >= 0.3 is 0 Å². The second-order valence-electron chi connectivity index (χ2n) is 11.7. The predicted molar refractivity (Wildman–Crippen MR) is 133 cm³/mol. The minimum atomic E-state index is -0.0973. The van der Waals surface area contributed by atoms with Crippen molar-refractivity contribution in [2.24, 2.45) is 0 Å². The number of nitrogens with zero attached hydrogens (tertiary/aromatic N) is 4. The highest BCUT2D eigenvalue weighted by molar-refractivity contribution is 6.04. The molecule has 1 aliphatic rings. The van der Waals surface area contributed by atoms with E-state index in [0.29, 0.717) is 5.92 Å². The summed E-state index contributed by atoms with van der Waals surface area (Å²) >= 11 is 0. The number of hydrogen-bond acceptors (Lipinski definition) is 2. The Bertz CT molecular complexity index is 1370. The van der Waals surface area contributed by atoms with E-state index < -0.39 is 0 Å². The van der Waals surface area contributed by atoms with Crippen molar-refractivity contribution in [1.82, 2.24) is 14.4 Å². The lowest BCUT2D eigenvalue weighted by Gasteiger charge is -2.39. The molecule has 0 saturated carbocycles. The second kappa shape index (κ2) is 6.52. The van der Waals surface area contributed by atoms with Crippen molar-refractivity contribution >= 4 is 27.7 Å². The Morgan fingerprint density at radius 3 is 2.28 bits per heavy atom. The molecule has 0 aliphatic carbocycles. The molecule has 0 saturated heterocycles. The predicted octanol–water partition coefficient (Wildman–Crippen LogP) is 6.55. The molecule has 1 unspecified atom stereocenters. The summed E-state index contributed by atoms with van der Waals surface area (Å²) in [7, 11) is 0. The lowest BCUT2D eigenvalue weighted by molar-refractivity contribution is -0.725. The molecule has 5 rings (SSSR count). The monoisotopic (exact) mass is 429 g/mol. The normalized spacial score (nSPS) is 18.3. The van der Waals surface area contributed by atoms with Crippen LogP contribution in [0.3, 0.4) is 0 Å². The summed E-state index contributed by atoms with van der Waals surface area (Å²) in [6, 6.07) is 8.95. The lowest BCUT2D eigenvalue weighted by Crippen LogP contribution is -2.60. The molecule has 0 amide bonds. The van der Waals surface area contributed by atoms with Crippen LogP contribution in [0.2, 0.25) is 0 Å². The molecule has 0 radical (unpaired) electrons. The summed E-state index contributed by atoms with van der Waals surface area (Å²) in [4.78, 5) is 10.5. The number of imidazole rings is 1. The van der Waals surface area contributed by atoms with E-state index >= 15 is 0 Å². The first-order valence-corrected chi connectivity index (χ1v) is 12.2. The molecule has 4 aromatic heterocycles. The van der Waals surface area contributed by atoms with Crippen LogP contribution in [0, 0.1) is 0 Å². The van der Waals surface area contributed by atoms with Crippen LogP contribution in [0.1, 0.15) is 98.0 Å². The maximum Gasteiger partial charge on any atom is 0.287 e. The Kier molecular flexibility index (Phi) is 4.35. The van der Waals surface area contributed by atoms with Gasteiger partial charge in [0, 0.05) is 28.5 Å². The van der Waals surface area contributed by atoms with Gasteiger partial charge in [-0.15, -0.1) is 0 Å². The van der Waals surface area contributed by atoms with E-state index in [9.17, 15) is 0 Å². The third kappa shape index (κ3) is 2.58. The Labute approximate surface area is 191 Å². The van der Waals surface area contributed by atoms with Crippen molar-refractivity contribution < 1.29 is 4.57 Å². The Hall–Kier alpha value is -2.49. The highest BCUT2D eigenvalue weighted by atomic mass is 15.2. The first-order chi connectivity index (χ1) is 15.0. The Balaban J connectivity index is 2.15. The van der Waals surface area contributed by atoms with E-state index in [0.717, 1.165) is 29.9 Å². The van der Waals surface area contributed by atoms with E-state index in [2.05, 4.69) is 102 Å². The van der Waals surface area contributed by atoms with Crippen molar-refractivity contribution in [2.45, 2.75) is 97.4 Å². The topological polar surface area (TPSA) is 34.1 Å². The van der Waals surface area contributed by atoms with Gasteiger partial charge in [-0.25, -0.2) is 14.5 Å². The molecule has 1 aliphatic heterocycles. The summed E-state index contributed by atoms with van der Waals surface area (Å²) in [6.45, 7) is 20.7. The van der Waals surface area contributed by atoms with E-state index in [-0.39, 0.29) is 16.4 Å². The standard InChI is InChI=1S/C28H37N4/c1-10-28(11-2)17(3)18-16-19(26(4,5)6)29-25-21(18)22-23(24(30-25)27(7,8)9)31-15-13-12-14-20(31)32(22)28/h12-17H,10-11H2,1-9H3/q+1. The molecule has 0 fully saturated rings. The van der Waals surface area contributed by atoms with Crippen LogP contribution in [0.25, 0.3) is 27.7 Å². The number of hydrogen-bond donors (Lipinski definition) is 0. The van der Waals surface area contributed by atoms with E-state index in [1.54, 1.807) is 0 Å². The molecule has 4 heteroatoms. The van der Waals surface area contributed by atoms with Gasteiger partial charge in [0.05, 0.1) is 17.3 Å². The van der Waals surface area contributed by atoms with Crippen LogP contribution in [0.4, 0.5) is 0 Å². The number of rotatable bonds is 2. The van der Waals surface area contributed by atoms with E-state index in [1.807, 2.05) is 0 Å². The highest BCUT2D eigenvalue weighted by Crippen LogP contribution is 2.47. The summed E-state index contributed by atoms with van der Waals surface area (Å²) in [5.74, 6) is 0.374. The third-order valence-corrected chi connectivity index (χ3v) is 7.89. The fourth-order valence-electron chi connectivity index (χ4n) is 5.99. The SMILES string of the molecule is CCC1(CC)C(C)c2cc(C(C)(C)C)nc3nc(C(C)(C)C)c4c(c23)[n+]1c1ccccn41. The van der Waals surface area contributed by atoms with Gasteiger partial charge in [0.25, 0.3) is 5.65 Å². The van der Waals surface area contributed by atoms with Crippen molar-refractivity contribution in [3.05, 3.63) is 47.4 Å². The van der Waals surface area contributed by atoms with Crippen LogP contribution in [-0.4, -0.2) is 14.4 Å². The Morgan fingerprint density at radius 1 is 1.00 bits per heavy atom.